The van der Waals surface area contributed by atoms with Crippen LogP contribution in [0.4, 0.5) is 5.69 Å². The van der Waals surface area contributed by atoms with Crippen LogP contribution >= 0.6 is 0 Å². The third-order valence-corrected chi connectivity index (χ3v) is 6.68. The van der Waals surface area contributed by atoms with Gasteiger partial charge in [-0.15, -0.1) is 0 Å². The normalized spacial score (nSPS) is 27.4. The summed E-state index contributed by atoms with van der Waals surface area (Å²) in [7, 11) is 0. The van der Waals surface area contributed by atoms with E-state index in [9.17, 15) is 14.4 Å². The van der Waals surface area contributed by atoms with Gasteiger partial charge in [-0.05, 0) is 48.4 Å². The monoisotopic (exact) mass is 400 g/mol. The zero-order chi connectivity index (χ0) is 20.8. The Labute approximate surface area is 175 Å². The van der Waals surface area contributed by atoms with Crippen LogP contribution in [0.25, 0.3) is 0 Å². The lowest BCUT2D eigenvalue weighted by molar-refractivity contribution is -0.147. The molecule has 2 bridgehead atoms. The molecule has 0 unspecified atom stereocenters. The van der Waals surface area contributed by atoms with E-state index in [4.69, 9.17) is 0 Å². The Morgan fingerprint density at radius 1 is 1.00 bits per heavy atom. The molecule has 2 aromatic carbocycles. The van der Waals surface area contributed by atoms with Gasteiger partial charge in [-0.1, -0.05) is 54.6 Å². The van der Waals surface area contributed by atoms with Crippen molar-refractivity contribution in [2.75, 3.05) is 5.32 Å². The first-order valence-electron chi connectivity index (χ1n) is 10.5. The van der Waals surface area contributed by atoms with Crippen molar-refractivity contribution in [1.82, 2.24) is 4.90 Å². The Bertz CT molecular complexity index is 1020. The van der Waals surface area contributed by atoms with Gasteiger partial charge in [-0.2, -0.15) is 0 Å². The minimum Gasteiger partial charge on any atom is -0.324 e. The first kappa shape index (κ1) is 18.8. The molecule has 0 radical (unpaired) electrons. The quantitative estimate of drug-likeness (QED) is 0.618. The zero-order valence-electron chi connectivity index (χ0n) is 16.8. The topological polar surface area (TPSA) is 66.5 Å². The number of benzene rings is 2. The van der Waals surface area contributed by atoms with E-state index in [-0.39, 0.29) is 41.4 Å². The van der Waals surface area contributed by atoms with Crippen LogP contribution in [-0.4, -0.2) is 28.7 Å². The smallest absolute Gasteiger partial charge is 0.248 e. The Kier molecular flexibility index (Phi) is 4.54. The second-order valence-corrected chi connectivity index (χ2v) is 8.61. The lowest BCUT2D eigenvalue weighted by Gasteiger charge is -2.27. The van der Waals surface area contributed by atoms with Crippen molar-refractivity contribution in [2.24, 2.45) is 23.7 Å². The average Bonchev–Trinajstić information content (AvgIpc) is 3.41. The van der Waals surface area contributed by atoms with Crippen molar-refractivity contribution < 1.29 is 14.4 Å². The number of nitrogens with one attached hydrogen (secondary N) is 1. The average molecular weight is 400 g/mol. The van der Waals surface area contributed by atoms with Gasteiger partial charge in [0.25, 0.3) is 0 Å². The number of imide groups is 1. The van der Waals surface area contributed by atoms with Crippen molar-refractivity contribution in [3.05, 3.63) is 77.9 Å². The maximum atomic E-state index is 13.3. The number of rotatable bonds is 5. The Balaban J connectivity index is 1.46. The van der Waals surface area contributed by atoms with Crippen LogP contribution in [0.5, 0.6) is 0 Å². The molecule has 1 aliphatic heterocycles. The largest absolute Gasteiger partial charge is 0.324 e. The number of fused-ring (bicyclic) bond motifs is 5. The second kappa shape index (κ2) is 7.24. The van der Waals surface area contributed by atoms with Gasteiger partial charge in [0.1, 0.15) is 6.04 Å². The molecule has 152 valence electrons. The number of allylic oxidation sites excluding steroid dienone is 2. The highest BCUT2D eigenvalue weighted by Gasteiger charge is 2.61. The van der Waals surface area contributed by atoms with E-state index in [0.29, 0.717) is 12.1 Å². The minimum absolute atomic E-state index is 0.124. The molecule has 5 heteroatoms. The lowest BCUT2D eigenvalue weighted by atomic mass is 9.85. The van der Waals surface area contributed by atoms with E-state index in [0.717, 1.165) is 17.5 Å². The van der Waals surface area contributed by atoms with Crippen LogP contribution < -0.4 is 5.32 Å². The second-order valence-electron chi connectivity index (χ2n) is 8.61. The highest BCUT2D eigenvalue weighted by molar-refractivity contribution is 6.11. The Morgan fingerprint density at radius 2 is 1.67 bits per heavy atom. The van der Waals surface area contributed by atoms with Crippen molar-refractivity contribution in [3.8, 4) is 0 Å². The van der Waals surface area contributed by atoms with Crippen molar-refractivity contribution in [1.29, 1.82) is 0 Å². The maximum absolute atomic E-state index is 13.3. The van der Waals surface area contributed by atoms with Gasteiger partial charge in [0.15, 0.2) is 0 Å². The Hall–Kier alpha value is -3.21. The molecule has 2 aromatic rings. The van der Waals surface area contributed by atoms with Crippen LogP contribution in [-0.2, 0) is 20.8 Å². The summed E-state index contributed by atoms with van der Waals surface area (Å²) < 4.78 is 0. The van der Waals surface area contributed by atoms with E-state index in [1.54, 1.807) is 0 Å². The highest BCUT2D eigenvalue weighted by atomic mass is 16.2. The summed E-state index contributed by atoms with van der Waals surface area (Å²) in [6.07, 6.45) is 5.32. The summed E-state index contributed by atoms with van der Waals surface area (Å²) in [6.45, 7) is 1.95. The molecule has 2 fully saturated rings. The van der Waals surface area contributed by atoms with Gasteiger partial charge in [0.2, 0.25) is 17.7 Å². The molecular weight excluding hydrogens is 376 g/mol. The highest BCUT2D eigenvalue weighted by Crippen LogP contribution is 2.53. The molecule has 1 saturated carbocycles. The number of anilines is 1. The van der Waals surface area contributed by atoms with Gasteiger partial charge in [-0.3, -0.25) is 19.3 Å². The van der Waals surface area contributed by atoms with Crippen molar-refractivity contribution in [3.63, 3.8) is 0 Å². The number of aryl methyl sites for hydroxylation is 1. The molecule has 1 saturated heterocycles. The predicted molar refractivity (Wildman–Crippen MR) is 113 cm³/mol. The number of carbonyl (C=O) groups excluding carboxylic acids is 3. The summed E-state index contributed by atoms with van der Waals surface area (Å²) >= 11 is 0. The fraction of sp³-hybridized carbons (Fsp3) is 0.320. The van der Waals surface area contributed by atoms with Crippen molar-refractivity contribution >= 4 is 23.4 Å². The van der Waals surface area contributed by atoms with E-state index in [1.165, 1.54) is 4.90 Å². The first-order valence-corrected chi connectivity index (χ1v) is 10.5. The Morgan fingerprint density at radius 3 is 2.30 bits per heavy atom. The van der Waals surface area contributed by atoms with E-state index >= 15 is 0 Å². The molecule has 1 N–H and O–H groups in total. The van der Waals surface area contributed by atoms with E-state index < -0.39 is 6.04 Å². The standard InChI is InChI=1S/C25H24N2O3/c1-15-6-5-9-19(12-15)26-23(28)20(13-16-7-3-2-4-8-16)27-24(29)21-17-10-11-18(14-17)22(21)25(27)30/h2-12,17-18,20-22H,13-14H2,1H3,(H,26,28)/t17-,18-,20-,21+,22+/m0/s1. The molecule has 2 aliphatic carbocycles. The van der Waals surface area contributed by atoms with Crippen LogP contribution in [0.2, 0.25) is 0 Å². The van der Waals surface area contributed by atoms with Gasteiger partial charge >= 0.3 is 0 Å². The van der Waals surface area contributed by atoms with E-state index in [1.807, 2.05) is 61.5 Å². The molecule has 0 spiro atoms. The number of nitrogens with zero attached hydrogens (tertiary/aromatic N) is 1. The molecule has 0 aromatic heterocycles. The predicted octanol–water partition coefficient (Wildman–Crippen LogP) is 3.35. The molecular formula is C25H24N2O3. The molecule has 1 heterocycles. The fourth-order valence-electron chi connectivity index (χ4n) is 5.32. The zero-order valence-corrected chi connectivity index (χ0v) is 16.8. The van der Waals surface area contributed by atoms with Crippen LogP contribution in [0.1, 0.15) is 17.5 Å². The first-order chi connectivity index (χ1) is 14.5. The van der Waals surface area contributed by atoms with Crippen LogP contribution in [0.15, 0.2) is 66.7 Å². The number of hydrogen-bond acceptors (Lipinski definition) is 3. The SMILES string of the molecule is Cc1cccc(NC(=O)[C@H](Cc2ccccc2)N2C(=O)[C@H]3[C@H](C2=O)[C@H]2C=C[C@H]3C2)c1. The number of likely N-dealkylation sites (tertiary alicyclic amines) is 1. The molecule has 3 aliphatic rings. The summed E-state index contributed by atoms with van der Waals surface area (Å²) in [5.74, 6) is -1.08. The van der Waals surface area contributed by atoms with Gasteiger partial charge in [-0.25, -0.2) is 0 Å². The maximum Gasteiger partial charge on any atom is 0.248 e. The van der Waals surface area contributed by atoms with E-state index in [2.05, 4.69) is 17.5 Å². The number of carbonyl (C=O) groups is 3. The summed E-state index contributed by atoms with van der Waals surface area (Å²) in [6, 6.07) is 16.2. The number of hydrogen-bond donors (Lipinski definition) is 1. The summed E-state index contributed by atoms with van der Waals surface area (Å²) in [4.78, 5) is 41.2. The molecule has 5 nitrogen and oxygen atoms in total. The summed E-state index contributed by atoms with van der Waals surface area (Å²) in [5.41, 5.74) is 2.61. The van der Waals surface area contributed by atoms with Crippen LogP contribution in [0.3, 0.4) is 0 Å². The van der Waals surface area contributed by atoms with Gasteiger partial charge in [0, 0.05) is 12.1 Å². The van der Waals surface area contributed by atoms with Crippen molar-refractivity contribution in [2.45, 2.75) is 25.8 Å². The molecule has 30 heavy (non-hydrogen) atoms. The lowest BCUT2D eigenvalue weighted by Crippen LogP contribution is -2.49. The minimum atomic E-state index is -0.863. The number of amides is 3. The third kappa shape index (κ3) is 3.05. The van der Waals surface area contributed by atoms with Gasteiger partial charge in [0.05, 0.1) is 11.8 Å². The fourth-order valence-corrected chi connectivity index (χ4v) is 5.32. The third-order valence-electron chi connectivity index (χ3n) is 6.68. The summed E-state index contributed by atoms with van der Waals surface area (Å²) in [5, 5.41) is 2.92. The van der Waals surface area contributed by atoms with Gasteiger partial charge < -0.3 is 5.32 Å². The molecule has 5 rings (SSSR count). The molecule has 5 atom stereocenters. The van der Waals surface area contributed by atoms with Crippen LogP contribution in [0, 0.1) is 30.6 Å². The molecule has 3 amide bonds.